The van der Waals surface area contributed by atoms with Crippen LogP contribution in [-0.4, -0.2) is 26.5 Å². The Balaban J connectivity index is 1.66. The quantitative estimate of drug-likeness (QED) is 0.0769. The molecule has 214 valence electrons. The van der Waals surface area contributed by atoms with Crippen LogP contribution in [0.3, 0.4) is 0 Å². The molecule has 0 fully saturated rings. The van der Waals surface area contributed by atoms with E-state index in [4.69, 9.17) is 5.10 Å². The van der Waals surface area contributed by atoms with Gasteiger partial charge in [-0.3, -0.25) is 4.79 Å². The number of aldehydes is 1. The van der Waals surface area contributed by atoms with Crippen LogP contribution in [0.2, 0.25) is 0 Å². The van der Waals surface area contributed by atoms with Gasteiger partial charge in [0.15, 0.2) is 5.54 Å². The fourth-order valence-electron chi connectivity index (χ4n) is 5.46. The van der Waals surface area contributed by atoms with Crippen LogP contribution in [0.1, 0.15) is 33.6 Å². The Bertz CT molecular complexity index is 1770. The van der Waals surface area contributed by atoms with Gasteiger partial charge in [-0.25, -0.2) is 8.78 Å². The third kappa shape index (κ3) is 5.39. The number of aromatic nitrogens is 4. The van der Waals surface area contributed by atoms with Gasteiger partial charge in [0.25, 0.3) is 0 Å². The van der Waals surface area contributed by atoms with Crippen molar-refractivity contribution in [1.82, 2.24) is 20.2 Å². The minimum Gasteiger partial charge on any atom is -0.299 e. The molecule has 0 bridgehead atoms. The Labute approximate surface area is 253 Å². The van der Waals surface area contributed by atoms with Gasteiger partial charge in [-0.05, 0) is 69.4 Å². The molecule has 0 amide bonds. The van der Waals surface area contributed by atoms with E-state index in [1.807, 2.05) is 91.0 Å². The summed E-state index contributed by atoms with van der Waals surface area (Å²) in [6.45, 7) is 0. The van der Waals surface area contributed by atoms with Crippen LogP contribution in [0.5, 0.6) is 0 Å². The summed E-state index contributed by atoms with van der Waals surface area (Å²) in [5, 5.41) is 14.2. The Hall–Kier alpha value is -5.82. The first kappa shape index (κ1) is 28.3. The number of carbonyl (C=O) groups is 1. The van der Waals surface area contributed by atoms with Crippen LogP contribution < -0.4 is 0 Å². The lowest BCUT2D eigenvalue weighted by atomic mass is 9.77. The third-order valence-corrected chi connectivity index (χ3v) is 7.41. The Morgan fingerprint density at radius 3 is 1.45 bits per heavy atom. The van der Waals surface area contributed by atoms with E-state index in [1.165, 1.54) is 30.3 Å². The van der Waals surface area contributed by atoms with Crippen molar-refractivity contribution in [3.8, 4) is 0 Å². The average molecular weight is 581 g/mol. The predicted octanol–water partition coefficient (Wildman–Crippen LogP) is 7.51. The fourth-order valence-corrected chi connectivity index (χ4v) is 5.46. The van der Waals surface area contributed by atoms with Crippen LogP contribution in [0, 0.1) is 11.6 Å². The van der Waals surface area contributed by atoms with Crippen molar-refractivity contribution in [2.24, 2.45) is 0 Å². The summed E-state index contributed by atoms with van der Waals surface area (Å²) >= 11 is 0. The minimum atomic E-state index is -1.01. The van der Waals surface area contributed by atoms with Crippen molar-refractivity contribution in [3.05, 3.63) is 197 Å². The van der Waals surface area contributed by atoms with Gasteiger partial charge < -0.3 is 0 Å². The molecule has 1 aromatic heterocycles. The van der Waals surface area contributed by atoms with Gasteiger partial charge >= 0.3 is 0 Å². The maximum absolute atomic E-state index is 14.0. The molecule has 7 heteroatoms. The van der Waals surface area contributed by atoms with Gasteiger partial charge in [0.05, 0.1) is 0 Å². The molecule has 6 aromatic rings. The van der Waals surface area contributed by atoms with E-state index in [0.717, 1.165) is 16.7 Å². The van der Waals surface area contributed by atoms with E-state index in [9.17, 15) is 13.6 Å². The van der Waals surface area contributed by atoms with Crippen molar-refractivity contribution in [3.63, 3.8) is 0 Å². The smallest absolute Gasteiger partial charge is 0.205 e. The van der Waals surface area contributed by atoms with E-state index in [1.54, 1.807) is 35.1 Å². The molecule has 5 aromatic carbocycles. The highest BCUT2D eigenvalue weighted by molar-refractivity contribution is 6.01. The van der Waals surface area contributed by atoms with Crippen LogP contribution in [0.4, 0.5) is 8.78 Å². The molecule has 6 rings (SSSR count). The summed E-state index contributed by atoms with van der Waals surface area (Å²) in [4.78, 5) is 13.2. The standard InChI is InChI=1S/C37H26F2N4O/c38-32-22-18-27(19-23-32)35(28-20-24-33(39)25-21-28)34(17-10-26-44)36-40-42-43(41-36)37(29-11-4-1-5-12-29,30-13-6-2-7-14-30)31-15-8-3-9-16-31/h1-26H/b17-10+. The summed E-state index contributed by atoms with van der Waals surface area (Å²) in [7, 11) is 0. The molecule has 0 radical (unpaired) electrons. The molecule has 0 saturated heterocycles. The van der Waals surface area contributed by atoms with E-state index >= 15 is 0 Å². The maximum atomic E-state index is 14.0. The zero-order valence-corrected chi connectivity index (χ0v) is 23.5. The molecular weight excluding hydrogens is 554 g/mol. The number of tetrazole rings is 1. The first-order valence-corrected chi connectivity index (χ1v) is 14.0. The zero-order valence-electron chi connectivity index (χ0n) is 23.5. The first-order valence-electron chi connectivity index (χ1n) is 14.0. The molecule has 0 spiro atoms. The molecule has 5 nitrogen and oxygen atoms in total. The summed E-state index contributed by atoms with van der Waals surface area (Å²) in [5.74, 6) is -0.585. The number of carbonyl (C=O) groups excluding carboxylic acids is 1. The molecule has 0 N–H and O–H groups in total. The number of hydrogen-bond acceptors (Lipinski definition) is 4. The van der Waals surface area contributed by atoms with E-state index in [0.29, 0.717) is 28.6 Å². The number of nitrogens with zero attached hydrogens (tertiary/aromatic N) is 4. The van der Waals surface area contributed by atoms with Crippen LogP contribution >= 0.6 is 0 Å². The molecule has 0 saturated carbocycles. The molecule has 0 aliphatic heterocycles. The van der Waals surface area contributed by atoms with Gasteiger partial charge in [0.2, 0.25) is 5.82 Å². The minimum absolute atomic E-state index is 0.221. The highest BCUT2D eigenvalue weighted by atomic mass is 19.1. The second-order valence-electron chi connectivity index (χ2n) is 10.0. The summed E-state index contributed by atoms with van der Waals surface area (Å²) in [6.07, 6.45) is 3.58. The Kier molecular flexibility index (Phi) is 8.10. The number of benzene rings is 5. The van der Waals surface area contributed by atoms with Crippen LogP contribution in [-0.2, 0) is 10.3 Å². The second-order valence-corrected chi connectivity index (χ2v) is 10.0. The molecular formula is C37H26F2N4O. The summed E-state index contributed by atoms with van der Waals surface area (Å²) in [5.41, 5.74) is 3.99. The van der Waals surface area contributed by atoms with Crippen LogP contribution in [0.15, 0.2) is 152 Å². The lowest BCUT2D eigenvalue weighted by Crippen LogP contribution is -2.39. The summed E-state index contributed by atoms with van der Waals surface area (Å²) < 4.78 is 28.0. The molecule has 1 heterocycles. The molecule has 0 unspecified atom stereocenters. The summed E-state index contributed by atoms with van der Waals surface area (Å²) in [6, 6.07) is 41.6. The van der Waals surface area contributed by atoms with Gasteiger partial charge in [-0.1, -0.05) is 115 Å². The lowest BCUT2D eigenvalue weighted by molar-refractivity contribution is -0.104. The maximum Gasteiger partial charge on any atom is 0.205 e. The lowest BCUT2D eigenvalue weighted by Gasteiger charge is -2.34. The monoisotopic (exact) mass is 580 g/mol. The van der Waals surface area contributed by atoms with Crippen molar-refractivity contribution >= 4 is 17.4 Å². The zero-order chi connectivity index (χ0) is 30.4. The molecule has 44 heavy (non-hydrogen) atoms. The number of allylic oxidation sites excluding steroid dienone is 3. The molecule has 0 aliphatic carbocycles. The van der Waals surface area contributed by atoms with Gasteiger partial charge in [0.1, 0.15) is 17.9 Å². The van der Waals surface area contributed by atoms with Crippen LogP contribution in [0.25, 0.3) is 11.1 Å². The van der Waals surface area contributed by atoms with Gasteiger partial charge in [0, 0.05) is 11.1 Å². The van der Waals surface area contributed by atoms with Crippen molar-refractivity contribution in [1.29, 1.82) is 0 Å². The van der Waals surface area contributed by atoms with Crippen molar-refractivity contribution in [2.75, 3.05) is 0 Å². The second kappa shape index (κ2) is 12.6. The highest BCUT2D eigenvalue weighted by Crippen LogP contribution is 2.40. The normalized spacial score (nSPS) is 11.4. The Morgan fingerprint density at radius 2 is 1.05 bits per heavy atom. The highest BCUT2D eigenvalue weighted by Gasteiger charge is 2.41. The number of rotatable bonds is 9. The average Bonchev–Trinajstić information content (AvgIpc) is 3.56. The number of hydrogen-bond donors (Lipinski definition) is 0. The van der Waals surface area contributed by atoms with Gasteiger partial charge in [-0.2, -0.15) is 0 Å². The SMILES string of the molecule is O=C/C=C/C(=C(c1ccc(F)cc1)c1ccc(F)cc1)c1nnn(C(c2ccccc2)(c2ccccc2)c2ccccc2)n1. The fraction of sp³-hybridized carbons (Fsp3) is 0.0270. The third-order valence-electron chi connectivity index (χ3n) is 7.41. The van der Waals surface area contributed by atoms with E-state index < -0.39 is 17.2 Å². The Morgan fingerprint density at radius 1 is 0.614 bits per heavy atom. The largest absolute Gasteiger partial charge is 0.299 e. The van der Waals surface area contributed by atoms with Gasteiger partial charge in [-0.15, -0.1) is 15.0 Å². The molecule has 0 aliphatic rings. The first-order chi connectivity index (χ1) is 21.6. The van der Waals surface area contributed by atoms with E-state index in [2.05, 4.69) is 10.3 Å². The van der Waals surface area contributed by atoms with Crippen molar-refractivity contribution < 1.29 is 13.6 Å². The van der Waals surface area contributed by atoms with E-state index in [-0.39, 0.29) is 5.82 Å². The topological polar surface area (TPSA) is 60.7 Å². The number of halogens is 2. The molecule has 0 atom stereocenters. The predicted molar refractivity (Wildman–Crippen MR) is 166 cm³/mol. The van der Waals surface area contributed by atoms with Crippen molar-refractivity contribution in [2.45, 2.75) is 5.54 Å².